The highest BCUT2D eigenvalue weighted by Crippen LogP contribution is 2.16. The molecule has 2 heterocycles. The van der Waals surface area contributed by atoms with E-state index < -0.39 is 10.0 Å². The molecule has 3 rings (SSSR count). The lowest BCUT2D eigenvalue weighted by molar-refractivity contribution is 0.423. The quantitative estimate of drug-likeness (QED) is 0.574. The van der Waals surface area contributed by atoms with Crippen LogP contribution in [-0.2, 0) is 10.0 Å². The summed E-state index contributed by atoms with van der Waals surface area (Å²) in [7, 11) is -3.77. The molecular formula is C14H12N6O3S2. The van der Waals surface area contributed by atoms with Crippen LogP contribution in [-0.4, -0.2) is 28.7 Å². The van der Waals surface area contributed by atoms with Crippen LogP contribution in [0.4, 0.5) is 17.5 Å². The fourth-order valence-corrected chi connectivity index (χ4v) is 2.98. The minimum Gasteiger partial charge on any atom is -0.363 e. The highest BCUT2D eigenvalue weighted by molar-refractivity contribution is 7.92. The van der Waals surface area contributed by atoms with E-state index in [-0.39, 0.29) is 10.8 Å². The highest BCUT2D eigenvalue weighted by Gasteiger charge is 2.15. The summed E-state index contributed by atoms with van der Waals surface area (Å²) in [5.41, 5.74) is 0.607. The number of anilines is 3. The highest BCUT2D eigenvalue weighted by atomic mass is 32.2. The van der Waals surface area contributed by atoms with Crippen molar-refractivity contribution in [1.29, 1.82) is 0 Å². The van der Waals surface area contributed by atoms with Crippen molar-refractivity contribution in [3.63, 3.8) is 0 Å². The molecule has 0 unspecified atom stereocenters. The van der Waals surface area contributed by atoms with Gasteiger partial charge in [0.25, 0.3) is 10.0 Å². The average molecular weight is 376 g/mol. The van der Waals surface area contributed by atoms with Gasteiger partial charge in [-0.2, -0.15) is 0 Å². The van der Waals surface area contributed by atoms with Crippen molar-refractivity contribution in [2.24, 2.45) is 0 Å². The number of thiocarbonyl (C=S) groups is 1. The molecule has 0 bridgehead atoms. The van der Waals surface area contributed by atoms with Crippen LogP contribution in [0, 0.1) is 0 Å². The molecule has 0 spiro atoms. The largest absolute Gasteiger partial charge is 0.363 e. The molecule has 0 aliphatic carbocycles. The van der Waals surface area contributed by atoms with Crippen LogP contribution in [0.25, 0.3) is 0 Å². The van der Waals surface area contributed by atoms with Crippen LogP contribution in [0.15, 0.2) is 64.5 Å². The number of hydrogen-bond donors (Lipinski definition) is 3. The second kappa shape index (κ2) is 7.23. The molecule has 0 saturated heterocycles. The number of nitrogens with one attached hydrogen (secondary N) is 3. The minimum atomic E-state index is -3.77. The molecule has 0 saturated carbocycles. The molecule has 2 aromatic heterocycles. The summed E-state index contributed by atoms with van der Waals surface area (Å²) < 4.78 is 31.5. The van der Waals surface area contributed by atoms with Crippen molar-refractivity contribution in [2.45, 2.75) is 4.90 Å². The molecule has 3 N–H and O–H groups in total. The summed E-state index contributed by atoms with van der Waals surface area (Å²) in [6.45, 7) is 0. The van der Waals surface area contributed by atoms with E-state index >= 15 is 0 Å². The van der Waals surface area contributed by atoms with E-state index in [0.717, 1.165) is 0 Å². The summed E-state index contributed by atoms with van der Waals surface area (Å²) in [6, 6.07) is 9.24. The SMILES string of the molecule is O=S(=O)(Nc1ncccn1)c1ccc(NC(=S)Nc2ccon2)cc1. The molecular weight excluding hydrogens is 364 g/mol. The molecule has 0 aliphatic rings. The Bertz CT molecular complexity index is 944. The van der Waals surface area contributed by atoms with Crippen molar-refractivity contribution in [3.05, 3.63) is 55.1 Å². The monoisotopic (exact) mass is 376 g/mol. The first kappa shape index (κ1) is 16.8. The molecule has 1 aromatic carbocycles. The third kappa shape index (κ3) is 4.49. The Morgan fingerprint density at radius 3 is 2.40 bits per heavy atom. The average Bonchev–Trinajstić information content (AvgIpc) is 3.08. The first-order chi connectivity index (χ1) is 12.0. The van der Waals surface area contributed by atoms with Crippen LogP contribution in [0.1, 0.15) is 0 Å². The molecule has 0 aliphatic heterocycles. The maximum absolute atomic E-state index is 12.3. The lowest BCUT2D eigenvalue weighted by Gasteiger charge is -2.10. The van der Waals surface area contributed by atoms with E-state index in [1.807, 2.05) is 0 Å². The van der Waals surface area contributed by atoms with Gasteiger partial charge in [-0.1, -0.05) is 5.16 Å². The van der Waals surface area contributed by atoms with E-state index in [2.05, 4.69) is 35.0 Å². The predicted octanol–water partition coefficient (Wildman–Crippen LogP) is 2.07. The molecule has 25 heavy (non-hydrogen) atoms. The van der Waals surface area contributed by atoms with Gasteiger partial charge in [-0.25, -0.2) is 23.1 Å². The van der Waals surface area contributed by atoms with Crippen LogP contribution in [0.2, 0.25) is 0 Å². The molecule has 128 valence electrons. The Kier molecular flexibility index (Phi) is 4.86. The summed E-state index contributed by atoms with van der Waals surface area (Å²) >= 11 is 5.13. The minimum absolute atomic E-state index is 0.00249. The Labute approximate surface area is 148 Å². The number of benzene rings is 1. The zero-order valence-electron chi connectivity index (χ0n) is 12.6. The first-order valence-corrected chi connectivity index (χ1v) is 8.80. The summed E-state index contributed by atoms with van der Waals surface area (Å²) in [5, 5.41) is 9.69. The third-order valence-corrected chi connectivity index (χ3v) is 4.44. The van der Waals surface area contributed by atoms with E-state index in [0.29, 0.717) is 16.6 Å². The Balaban J connectivity index is 1.66. The lowest BCUT2D eigenvalue weighted by atomic mass is 10.3. The fourth-order valence-electron chi connectivity index (χ4n) is 1.80. The maximum Gasteiger partial charge on any atom is 0.264 e. The molecule has 11 heteroatoms. The van der Waals surface area contributed by atoms with Gasteiger partial charge in [0, 0.05) is 24.1 Å². The molecule has 3 aromatic rings. The Morgan fingerprint density at radius 1 is 1.04 bits per heavy atom. The van der Waals surface area contributed by atoms with Gasteiger partial charge in [-0.15, -0.1) is 0 Å². The summed E-state index contributed by atoms with van der Waals surface area (Å²) in [4.78, 5) is 7.73. The lowest BCUT2D eigenvalue weighted by Crippen LogP contribution is -2.19. The van der Waals surface area contributed by atoms with E-state index in [9.17, 15) is 8.42 Å². The van der Waals surface area contributed by atoms with Gasteiger partial charge in [0.2, 0.25) is 5.95 Å². The van der Waals surface area contributed by atoms with Crippen LogP contribution >= 0.6 is 12.2 Å². The standard InChI is InChI=1S/C14H12N6O3S2/c21-25(22,20-13-15-7-1-8-16-13)11-4-2-10(3-5-11)17-14(24)18-12-6-9-23-19-12/h1-9H,(H,15,16,20)(H2,17,18,19,24). The normalized spacial score (nSPS) is 10.9. The molecule has 9 nitrogen and oxygen atoms in total. The van der Waals surface area contributed by atoms with Crippen molar-refractivity contribution < 1.29 is 12.9 Å². The van der Waals surface area contributed by atoms with Gasteiger partial charge in [-0.05, 0) is 42.5 Å². The topological polar surface area (TPSA) is 122 Å². The molecule has 0 fully saturated rings. The molecule has 0 amide bonds. The van der Waals surface area contributed by atoms with Crippen LogP contribution in [0.3, 0.4) is 0 Å². The van der Waals surface area contributed by atoms with Crippen molar-refractivity contribution in [1.82, 2.24) is 15.1 Å². The summed E-state index contributed by atoms with van der Waals surface area (Å²) in [5.74, 6) is 0.464. The van der Waals surface area contributed by atoms with Crippen molar-refractivity contribution in [2.75, 3.05) is 15.4 Å². The van der Waals surface area contributed by atoms with E-state index in [1.165, 1.54) is 30.8 Å². The van der Waals surface area contributed by atoms with Crippen molar-refractivity contribution >= 4 is 44.8 Å². The van der Waals surface area contributed by atoms with Gasteiger partial charge in [0.05, 0.1) is 4.90 Å². The third-order valence-electron chi connectivity index (χ3n) is 2.89. The Hall–Kier alpha value is -3.05. The van der Waals surface area contributed by atoms with E-state index in [4.69, 9.17) is 12.2 Å². The summed E-state index contributed by atoms with van der Waals surface area (Å²) in [6.07, 6.45) is 4.30. The van der Waals surface area contributed by atoms with Gasteiger partial charge < -0.3 is 15.2 Å². The van der Waals surface area contributed by atoms with Crippen LogP contribution < -0.4 is 15.4 Å². The number of nitrogens with zero attached hydrogens (tertiary/aromatic N) is 3. The predicted molar refractivity (Wildman–Crippen MR) is 95.6 cm³/mol. The van der Waals surface area contributed by atoms with Gasteiger partial charge in [0.1, 0.15) is 6.26 Å². The first-order valence-electron chi connectivity index (χ1n) is 6.91. The molecule has 0 atom stereocenters. The maximum atomic E-state index is 12.3. The number of aromatic nitrogens is 3. The van der Waals surface area contributed by atoms with Crippen LogP contribution in [0.5, 0.6) is 0 Å². The number of hydrogen-bond acceptors (Lipinski definition) is 7. The zero-order chi connectivity index (χ0) is 17.7. The van der Waals surface area contributed by atoms with Gasteiger partial charge in [-0.3, -0.25) is 0 Å². The Morgan fingerprint density at radius 2 is 1.76 bits per heavy atom. The van der Waals surface area contributed by atoms with Gasteiger partial charge >= 0.3 is 0 Å². The number of rotatable bonds is 5. The smallest absolute Gasteiger partial charge is 0.264 e. The fraction of sp³-hybridized carbons (Fsp3) is 0. The molecule has 0 radical (unpaired) electrons. The zero-order valence-corrected chi connectivity index (χ0v) is 14.2. The number of sulfonamides is 1. The van der Waals surface area contributed by atoms with Gasteiger partial charge in [0.15, 0.2) is 10.9 Å². The second-order valence-electron chi connectivity index (χ2n) is 4.67. The van der Waals surface area contributed by atoms with Crippen molar-refractivity contribution in [3.8, 4) is 0 Å². The second-order valence-corrected chi connectivity index (χ2v) is 6.76. The van der Waals surface area contributed by atoms with E-state index in [1.54, 1.807) is 24.3 Å².